The van der Waals surface area contributed by atoms with Gasteiger partial charge in [0.05, 0.1) is 12.2 Å². The summed E-state index contributed by atoms with van der Waals surface area (Å²) in [5.74, 6) is 0. The molecule has 0 bridgehead atoms. The predicted octanol–water partition coefficient (Wildman–Crippen LogP) is 3.83. The van der Waals surface area contributed by atoms with Crippen molar-refractivity contribution in [2.24, 2.45) is 0 Å². The summed E-state index contributed by atoms with van der Waals surface area (Å²) in [6.07, 6.45) is 10.9. The van der Waals surface area contributed by atoms with Crippen molar-refractivity contribution in [3.8, 4) is 0 Å². The van der Waals surface area contributed by atoms with E-state index < -0.39 is 0 Å². The van der Waals surface area contributed by atoms with Crippen LogP contribution in [0.5, 0.6) is 0 Å². The van der Waals surface area contributed by atoms with Gasteiger partial charge in [0, 0.05) is 11.6 Å². The van der Waals surface area contributed by atoms with Crippen molar-refractivity contribution in [3.63, 3.8) is 0 Å². The van der Waals surface area contributed by atoms with Crippen LogP contribution in [0.1, 0.15) is 51.5 Å². The molecule has 0 aliphatic carbocycles. The van der Waals surface area contributed by atoms with Gasteiger partial charge >= 0.3 is 0 Å². The van der Waals surface area contributed by atoms with Gasteiger partial charge in [0.1, 0.15) is 7.05 Å². The average Bonchev–Trinajstić information content (AvgIpc) is 2.63. The molecule has 1 aromatic carbocycles. The highest BCUT2D eigenvalue weighted by atomic mass is 16.7. The molecule has 0 amide bonds. The molecule has 2 atom stereocenters. The van der Waals surface area contributed by atoms with Crippen molar-refractivity contribution in [2.75, 3.05) is 7.05 Å². The van der Waals surface area contributed by atoms with Crippen molar-refractivity contribution in [1.82, 2.24) is 0 Å². The second-order valence-electron chi connectivity index (χ2n) is 5.79. The van der Waals surface area contributed by atoms with E-state index >= 15 is 0 Å². The van der Waals surface area contributed by atoms with Crippen molar-refractivity contribution < 1.29 is 14.5 Å². The van der Waals surface area contributed by atoms with Crippen molar-refractivity contribution in [1.29, 1.82) is 0 Å². The third-order valence-corrected chi connectivity index (χ3v) is 3.73. The van der Waals surface area contributed by atoms with Crippen LogP contribution in [-0.4, -0.2) is 25.5 Å². The van der Waals surface area contributed by atoms with E-state index in [1.54, 1.807) is 0 Å². The van der Waals surface area contributed by atoms with Crippen LogP contribution in [0.3, 0.4) is 0 Å². The van der Waals surface area contributed by atoms with Crippen molar-refractivity contribution >= 4 is 12.3 Å². The average molecular weight is 343 g/mol. The molecule has 1 aromatic rings. The predicted molar refractivity (Wildman–Crippen MR) is 107 cm³/mol. The van der Waals surface area contributed by atoms with Gasteiger partial charge < -0.3 is 9.47 Å². The molecule has 1 fully saturated rings. The molecule has 0 spiro atoms. The molecule has 1 aliphatic rings. The van der Waals surface area contributed by atoms with Gasteiger partial charge in [-0.25, -0.2) is 0 Å². The lowest BCUT2D eigenvalue weighted by Gasteiger charge is -2.32. The summed E-state index contributed by atoms with van der Waals surface area (Å²) in [7, 11) is 1.87. The van der Waals surface area contributed by atoms with Gasteiger partial charge in [0.2, 0.25) is 0 Å². The Kier molecular flexibility index (Phi) is 9.75. The Morgan fingerprint density at radius 2 is 1.72 bits per heavy atom. The third kappa shape index (κ3) is 7.20. The Balaban J connectivity index is 0.00000151. The monoisotopic (exact) mass is 342 g/mol. The van der Waals surface area contributed by atoms with Crippen molar-refractivity contribution in [3.05, 3.63) is 65.8 Å². The molecule has 136 valence electrons. The highest BCUT2D eigenvalue weighted by Crippen LogP contribution is 2.29. The lowest BCUT2D eigenvalue weighted by atomic mass is 10.1. The fraction of sp³-hybridized carbons (Fsp3) is 0.409. The molecule has 1 saturated heterocycles. The SMILES string of the molecule is C=CC(/C=C/c1ccc(C2OC(C)CC(C)O2)cc1)=C\C=[NH+]C.CC. The van der Waals surface area contributed by atoms with Crippen LogP contribution >= 0.6 is 0 Å². The van der Waals surface area contributed by atoms with Gasteiger partial charge in [-0.1, -0.05) is 62.9 Å². The first-order chi connectivity index (χ1) is 12.1. The quantitative estimate of drug-likeness (QED) is 0.651. The second kappa shape index (κ2) is 11.6. The highest BCUT2D eigenvalue weighted by molar-refractivity contribution is 5.70. The Bertz CT molecular complexity index is 589. The summed E-state index contributed by atoms with van der Waals surface area (Å²) < 4.78 is 11.7. The van der Waals surface area contributed by atoms with Gasteiger partial charge in [0.15, 0.2) is 12.5 Å². The zero-order chi connectivity index (χ0) is 18.7. The molecule has 1 N–H and O–H groups in total. The summed E-state index contributed by atoms with van der Waals surface area (Å²) in [6, 6.07) is 8.27. The Hall–Kier alpha value is -1.97. The smallest absolute Gasteiger partial charge is 0.184 e. The minimum atomic E-state index is -0.263. The number of benzene rings is 1. The summed E-state index contributed by atoms with van der Waals surface area (Å²) in [4.78, 5) is 2.97. The number of hydrogen-bond acceptors (Lipinski definition) is 2. The minimum absolute atomic E-state index is 0.229. The molecule has 3 heteroatoms. The van der Waals surface area contributed by atoms with Crippen LogP contribution in [0.25, 0.3) is 6.08 Å². The first-order valence-corrected chi connectivity index (χ1v) is 9.04. The molecular weight excluding hydrogens is 310 g/mol. The number of hydrogen-bond donors (Lipinski definition) is 1. The van der Waals surface area contributed by atoms with Crippen LogP contribution in [-0.2, 0) is 9.47 Å². The van der Waals surface area contributed by atoms with Crippen LogP contribution in [0.4, 0.5) is 0 Å². The number of ether oxygens (including phenoxy) is 2. The minimum Gasteiger partial charge on any atom is -0.345 e. The molecule has 0 saturated carbocycles. The zero-order valence-corrected chi connectivity index (χ0v) is 16.2. The lowest BCUT2D eigenvalue weighted by Crippen LogP contribution is -2.62. The van der Waals surface area contributed by atoms with E-state index in [-0.39, 0.29) is 18.5 Å². The summed E-state index contributed by atoms with van der Waals surface area (Å²) in [6.45, 7) is 12.0. The van der Waals surface area contributed by atoms with Crippen molar-refractivity contribution in [2.45, 2.75) is 52.6 Å². The number of allylic oxidation sites excluding steroid dienone is 4. The maximum Gasteiger partial charge on any atom is 0.184 e. The first-order valence-electron chi connectivity index (χ1n) is 9.04. The zero-order valence-electron chi connectivity index (χ0n) is 16.2. The van der Waals surface area contributed by atoms with Gasteiger partial charge in [-0.3, -0.25) is 4.99 Å². The third-order valence-electron chi connectivity index (χ3n) is 3.73. The van der Waals surface area contributed by atoms with Crippen LogP contribution in [0.2, 0.25) is 0 Å². The Labute approximate surface area is 152 Å². The number of nitrogens with one attached hydrogen (secondary N) is 1. The van der Waals surface area contributed by atoms with Crippen LogP contribution in [0.15, 0.2) is 54.6 Å². The fourth-order valence-corrected chi connectivity index (χ4v) is 2.52. The normalized spacial score (nSPS) is 24.2. The standard InChI is InChI=1S/C20H25NO2.C2H6/c1-5-17(12-13-21-4)6-7-18-8-10-19(11-9-18)20-22-15(2)14-16(3)23-20;1-2/h5-13,15-16,20H,1,14H2,2-4H3;1-2H3/p+1/b7-6+,17-12+,21-13?;. The van der Waals surface area contributed by atoms with Gasteiger partial charge in [-0.2, -0.15) is 0 Å². The maximum atomic E-state index is 5.87. The summed E-state index contributed by atoms with van der Waals surface area (Å²) in [5, 5.41) is 0. The fourth-order valence-electron chi connectivity index (χ4n) is 2.52. The molecule has 1 aliphatic heterocycles. The Morgan fingerprint density at radius 1 is 1.12 bits per heavy atom. The maximum absolute atomic E-state index is 5.87. The molecule has 3 nitrogen and oxygen atoms in total. The van der Waals surface area contributed by atoms with Gasteiger partial charge in [0.25, 0.3) is 0 Å². The largest absolute Gasteiger partial charge is 0.345 e. The second-order valence-corrected chi connectivity index (χ2v) is 5.79. The first kappa shape index (κ1) is 21.1. The van der Waals surface area contributed by atoms with E-state index in [4.69, 9.17) is 9.47 Å². The van der Waals surface area contributed by atoms with Crippen LogP contribution in [0, 0.1) is 0 Å². The van der Waals surface area contributed by atoms with E-state index in [9.17, 15) is 0 Å². The molecule has 2 unspecified atom stereocenters. The summed E-state index contributed by atoms with van der Waals surface area (Å²) in [5.41, 5.74) is 3.23. The van der Waals surface area contributed by atoms with Crippen LogP contribution < -0.4 is 4.99 Å². The van der Waals surface area contributed by atoms with E-state index in [2.05, 4.69) is 55.8 Å². The van der Waals surface area contributed by atoms with E-state index in [1.165, 1.54) is 0 Å². The number of rotatable bonds is 5. The molecule has 25 heavy (non-hydrogen) atoms. The van der Waals surface area contributed by atoms with E-state index in [0.29, 0.717) is 0 Å². The molecule has 1 heterocycles. The topological polar surface area (TPSA) is 32.4 Å². The molecule has 0 aromatic heterocycles. The lowest BCUT2D eigenvalue weighted by molar-refractivity contribution is -0.413. The Morgan fingerprint density at radius 3 is 2.24 bits per heavy atom. The molecule has 2 rings (SSSR count). The van der Waals surface area contributed by atoms with Gasteiger partial charge in [-0.05, 0) is 31.4 Å². The van der Waals surface area contributed by atoms with E-state index in [1.807, 2.05) is 45.3 Å². The van der Waals surface area contributed by atoms with E-state index in [0.717, 1.165) is 23.1 Å². The highest BCUT2D eigenvalue weighted by Gasteiger charge is 2.25. The molecule has 0 radical (unpaired) electrons. The summed E-state index contributed by atoms with van der Waals surface area (Å²) >= 11 is 0. The molecular formula is C22H32NO2+. The van der Waals surface area contributed by atoms with Gasteiger partial charge in [-0.15, -0.1) is 0 Å².